The number of carbonyl (C=O) groups excluding carboxylic acids is 2. The molecule has 0 saturated carbocycles. The number of aliphatic hydroxyl groups excluding tert-OH is 1. The van der Waals surface area contributed by atoms with Crippen molar-refractivity contribution in [2.75, 3.05) is 19.1 Å². The minimum atomic E-state index is -0.965. The van der Waals surface area contributed by atoms with E-state index in [0.717, 1.165) is 5.56 Å². The van der Waals surface area contributed by atoms with Gasteiger partial charge in [-0.25, -0.2) is 0 Å². The summed E-state index contributed by atoms with van der Waals surface area (Å²) in [4.78, 5) is 28.0. The van der Waals surface area contributed by atoms with Gasteiger partial charge in [0.1, 0.15) is 23.0 Å². The highest BCUT2D eigenvalue weighted by Crippen LogP contribution is 2.45. The number of aliphatic hydroxyl groups is 1. The zero-order valence-corrected chi connectivity index (χ0v) is 20.9. The number of carbonyl (C=O) groups is 2. The van der Waals surface area contributed by atoms with Crippen molar-refractivity contribution in [2.24, 2.45) is 0 Å². The average Bonchev–Trinajstić information content (AvgIpc) is 3.13. The van der Waals surface area contributed by atoms with Gasteiger partial charge in [0.15, 0.2) is 0 Å². The van der Waals surface area contributed by atoms with Gasteiger partial charge in [0.25, 0.3) is 11.7 Å². The highest BCUT2D eigenvalue weighted by atomic mass is 16.5. The van der Waals surface area contributed by atoms with E-state index in [1.807, 2.05) is 26.8 Å². The van der Waals surface area contributed by atoms with Crippen LogP contribution in [0, 0.1) is 6.92 Å². The fourth-order valence-corrected chi connectivity index (χ4v) is 4.58. The molecular weight excluding hydrogens is 458 g/mol. The van der Waals surface area contributed by atoms with Crippen LogP contribution in [0.5, 0.6) is 17.2 Å². The van der Waals surface area contributed by atoms with Gasteiger partial charge in [0, 0.05) is 5.56 Å². The van der Waals surface area contributed by atoms with Gasteiger partial charge in [-0.3, -0.25) is 14.5 Å². The normalized spacial score (nSPS) is 17.1. The number of aryl methyl sites for hydroxylation is 1. The number of methoxy groups -OCH3 is 2. The lowest BCUT2D eigenvalue weighted by molar-refractivity contribution is -0.132. The SMILES string of the molecule is COc1ccc(C2/C(=C(\O)c3cc(C(C)C)c(OC)cc3C)C(=O)C(=O)N2c2ccccc2O)cc1. The van der Waals surface area contributed by atoms with Crippen LogP contribution in [0.15, 0.2) is 66.2 Å². The van der Waals surface area contributed by atoms with Gasteiger partial charge >= 0.3 is 0 Å². The predicted octanol–water partition coefficient (Wildman–Crippen LogP) is 5.47. The lowest BCUT2D eigenvalue weighted by Crippen LogP contribution is -2.29. The Balaban J connectivity index is 1.99. The Bertz CT molecular complexity index is 1360. The Labute approximate surface area is 210 Å². The molecule has 1 aliphatic rings. The number of ketones is 1. The third kappa shape index (κ3) is 4.17. The standard InChI is InChI=1S/C29H29NO6/c1-16(2)20-15-21(17(3)14-24(20)36-5)27(32)25-26(18-10-12-19(35-4)13-11-18)30(29(34)28(25)33)22-8-6-7-9-23(22)31/h6-16,26,31-32H,1-5H3/b27-25+. The molecule has 2 N–H and O–H groups in total. The first-order chi connectivity index (χ1) is 17.2. The van der Waals surface area contributed by atoms with E-state index in [1.165, 1.54) is 11.0 Å². The van der Waals surface area contributed by atoms with Crippen LogP contribution in [0.3, 0.4) is 0 Å². The van der Waals surface area contributed by atoms with Crippen LogP contribution in [0.2, 0.25) is 0 Å². The molecule has 1 amide bonds. The molecule has 1 atom stereocenters. The van der Waals surface area contributed by atoms with Crippen LogP contribution in [-0.2, 0) is 9.59 Å². The minimum Gasteiger partial charge on any atom is -0.507 e. The maximum atomic E-state index is 13.4. The molecule has 0 spiro atoms. The molecule has 1 saturated heterocycles. The summed E-state index contributed by atoms with van der Waals surface area (Å²) >= 11 is 0. The molecule has 36 heavy (non-hydrogen) atoms. The van der Waals surface area contributed by atoms with E-state index in [1.54, 1.807) is 62.8 Å². The molecule has 0 bridgehead atoms. The van der Waals surface area contributed by atoms with Crippen LogP contribution in [0.4, 0.5) is 5.69 Å². The third-order valence-electron chi connectivity index (χ3n) is 6.47. The quantitative estimate of drug-likeness (QED) is 0.272. The smallest absolute Gasteiger partial charge is 0.300 e. The Kier molecular flexibility index (Phi) is 6.75. The highest BCUT2D eigenvalue weighted by molar-refractivity contribution is 6.52. The first-order valence-electron chi connectivity index (χ1n) is 11.6. The number of phenols is 1. The number of Topliss-reactive ketones (excluding diaryl/α,β-unsaturated/α-hetero) is 1. The lowest BCUT2D eigenvalue weighted by Gasteiger charge is -2.26. The zero-order valence-electron chi connectivity index (χ0n) is 20.9. The van der Waals surface area contributed by atoms with E-state index in [2.05, 4.69) is 0 Å². The fraction of sp³-hybridized carbons (Fsp3) is 0.241. The number of hydrogen-bond donors (Lipinski definition) is 2. The molecule has 1 aliphatic heterocycles. The number of anilines is 1. The topological polar surface area (TPSA) is 96.3 Å². The predicted molar refractivity (Wildman–Crippen MR) is 138 cm³/mol. The number of nitrogens with zero attached hydrogens (tertiary/aromatic N) is 1. The van der Waals surface area contributed by atoms with Crippen LogP contribution in [0.1, 0.15) is 48.1 Å². The molecule has 4 rings (SSSR count). The molecule has 1 heterocycles. The number of benzene rings is 3. The second-order valence-electron chi connectivity index (χ2n) is 8.99. The number of phenolic OH excluding ortho intramolecular Hbond substituents is 1. The second kappa shape index (κ2) is 9.77. The third-order valence-corrected chi connectivity index (χ3v) is 6.47. The zero-order chi connectivity index (χ0) is 26.1. The van der Waals surface area contributed by atoms with Gasteiger partial charge in [0.2, 0.25) is 0 Å². The average molecular weight is 488 g/mol. The van der Waals surface area contributed by atoms with Gasteiger partial charge in [-0.15, -0.1) is 0 Å². The molecule has 7 heteroatoms. The number of rotatable bonds is 6. The summed E-state index contributed by atoms with van der Waals surface area (Å²) in [6, 6.07) is 15.9. The summed E-state index contributed by atoms with van der Waals surface area (Å²) in [6.07, 6.45) is 0. The summed E-state index contributed by atoms with van der Waals surface area (Å²) in [7, 11) is 3.13. The monoisotopic (exact) mass is 487 g/mol. The van der Waals surface area contributed by atoms with Crippen molar-refractivity contribution in [1.29, 1.82) is 0 Å². The summed E-state index contributed by atoms with van der Waals surface area (Å²) in [5.41, 5.74) is 2.69. The van der Waals surface area contributed by atoms with Crippen molar-refractivity contribution < 1.29 is 29.3 Å². The van der Waals surface area contributed by atoms with Crippen molar-refractivity contribution in [3.05, 3.63) is 88.5 Å². The molecule has 3 aromatic carbocycles. The van der Waals surface area contributed by atoms with Gasteiger partial charge in [0.05, 0.1) is 31.5 Å². The van der Waals surface area contributed by atoms with Crippen LogP contribution < -0.4 is 14.4 Å². The van der Waals surface area contributed by atoms with Gasteiger partial charge in [-0.2, -0.15) is 0 Å². The summed E-state index contributed by atoms with van der Waals surface area (Å²) < 4.78 is 10.8. The van der Waals surface area contributed by atoms with Crippen LogP contribution >= 0.6 is 0 Å². The highest BCUT2D eigenvalue weighted by Gasteiger charge is 2.47. The number of amides is 1. The van der Waals surface area contributed by atoms with Crippen LogP contribution in [0.25, 0.3) is 5.76 Å². The van der Waals surface area contributed by atoms with Crippen molar-refractivity contribution in [2.45, 2.75) is 32.7 Å². The Morgan fingerprint density at radius 2 is 1.64 bits per heavy atom. The van der Waals surface area contributed by atoms with Gasteiger partial charge in [-0.1, -0.05) is 38.1 Å². The fourth-order valence-electron chi connectivity index (χ4n) is 4.58. The summed E-state index contributed by atoms with van der Waals surface area (Å²) in [6.45, 7) is 5.82. The lowest BCUT2D eigenvalue weighted by atomic mass is 9.91. The van der Waals surface area contributed by atoms with E-state index in [-0.39, 0.29) is 28.7 Å². The maximum Gasteiger partial charge on any atom is 0.300 e. The first kappa shape index (κ1) is 24.9. The van der Waals surface area contributed by atoms with Crippen molar-refractivity contribution >= 4 is 23.1 Å². The van der Waals surface area contributed by atoms with E-state index in [9.17, 15) is 19.8 Å². The summed E-state index contributed by atoms with van der Waals surface area (Å²) in [5, 5.41) is 22.1. The summed E-state index contributed by atoms with van der Waals surface area (Å²) in [5.74, 6) is -0.735. The number of aromatic hydroxyl groups is 1. The molecule has 0 aliphatic carbocycles. The Hall–Kier alpha value is -4.26. The molecule has 1 unspecified atom stereocenters. The van der Waals surface area contributed by atoms with E-state index in [0.29, 0.717) is 28.2 Å². The second-order valence-corrected chi connectivity index (χ2v) is 8.99. The van der Waals surface area contributed by atoms with E-state index >= 15 is 0 Å². The minimum absolute atomic E-state index is 0.0589. The van der Waals surface area contributed by atoms with Crippen molar-refractivity contribution in [3.8, 4) is 17.2 Å². The molecule has 3 aromatic rings. The largest absolute Gasteiger partial charge is 0.507 e. The van der Waals surface area contributed by atoms with E-state index in [4.69, 9.17) is 9.47 Å². The Morgan fingerprint density at radius 3 is 2.22 bits per heavy atom. The van der Waals surface area contributed by atoms with Crippen LogP contribution in [-0.4, -0.2) is 36.1 Å². The molecule has 186 valence electrons. The Morgan fingerprint density at radius 1 is 0.972 bits per heavy atom. The van der Waals surface area contributed by atoms with Gasteiger partial charge < -0.3 is 19.7 Å². The molecule has 0 aromatic heterocycles. The van der Waals surface area contributed by atoms with E-state index < -0.39 is 17.7 Å². The maximum absolute atomic E-state index is 13.4. The van der Waals surface area contributed by atoms with Crippen molar-refractivity contribution in [3.63, 3.8) is 0 Å². The first-order valence-corrected chi connectivity index (χ1v) is 11.6. The van der Waals surface area contributed by atoms with Crippen molar-refractivity contribution in [1.82, 2.24) is 0 Å². The number of para-hydroxylation sites is 2. The molecule has 7 nitrogen and oxygen atoms in total. The molecule has 1 fully saturated rings. The number of hydrogen-bond acceptors (Lipinski definition) is 6. The molecule has 0 radical (unpaired) electrons. The van der Waals surface area contributed by atoms with Gasteiger partial charge in [-0.05, 0) is 65.9 Å². The number of ether oxygens (including phenoxy) is 2. The molecular formula is C29H29NO6.